The van der Waals surface area contributed by atoms with Gasteiger partial charge in [0.25, 0.3) is 0 Å². The third-order valence-electron chi connectivity index (χ3n) is 3.07. The highest BCUT2D eigenvalue weighted by Crippen LogP contribution is 2.28. The van der Waals surface area contributed by atoms with Crippen LogP contribution in [0.25, 0.3) is 0 Å². The van der Waals surface area contributed by atoms with Crippen LogP contribution in [0, 0.1) is 11.3 Å². The fourth-order valence-corrected chi connectivity index (χ4v) is 1.31. The maximum Gasteiger partial charge on any atom is 0.331 e. The summed E-state index contributed by atoms with van der Waals surface area (Å²) in [6, 6.07) is 0. The summed E-state index contributed by atoms with van der Waals surface area (Å²) in [6.45, 7) is 3.59. The van der Waals surface area contributed by atoms with Crippen molar-refractivity contribution in [1.82, 2.24) is 0 Å². The Labute approximate surface area is 132 Å². The zero-order valence-electron chi connectivity index (χ0n) is 12.7. The van der Waals surface area contributed by atoms with E-state index in [1.165, 1.54) is 6.08 Å². The van der Waals surface area contributed by atoms with Crippen LogP contribution in [0.1, 0.15) is 13.3 Å². The number of aliphatic hydroxyl groups is 3. The number of aliphatic hydroxyl groups excluding tert-OH is 3. The van der Waals surface area contributed by atoms with Gasteiger partial charge in [-0.25, -0.2) is 9.59 Å². The van der Waals surface area contributed by atoms with Crippen molar-refractivity contribution < 1.29 is 45.0 Å². The Morgan fingerprint density at radius 1 is 1.09 bits per heavy atom. The van der Waals surface area contributed by atoms with E-state index in [0.29, 0.717) is 0 Å². The average molecular weight is 334 g/mol. The number of rotatable bonds is 9. The molecule has 0 aromatic carbocycles. The molecule has 0 aliphatic heterocycles. The van der Waals surface area contributed by atoms with Crippen molar-refractivity contribution >= 4 is 17.9 Å². The Kier molecular flexibility index (Phi) is 11.4. The molecule has 6 N–H and O–H groups in total. The normalized spacial score (nSPS) is 12.2. The van der Waals surface area contributed by atoms with Crippen LogP contribution in [0.15, 0.2) is 24.3 Å². The average Bonchev–Trinajstić information content (AvgIpc) is 2.48. The lowest BCUT2D eigenvalue weighted by Crippen LogP contribution is -2.36. The predicted octanol–water partition coefficient (Wildman–Crippen LogP) is -0.671. The summed E-state index contributed by atoms with van der Waals surface area (Å²) in [4.78, 5) is 29.9. The third-order valence-corrected chi connectivity index (χ3v) is 3.07. The molecule has 0 aromatic rings. The second kappa shape index (κ2) is 11.4. The van der Waals surface area contributed by atoms with Crippen LogP contribution in [-0.2, 0) is 14.4 Å². The SMILES string of the molecule is C=C(CC(=O)O)C(=O)O.CC(CO)C(C=CC(=O)O)(CO)CO. The number of carbonyl (C=O) groups is 3. The first-order chi connectivity index (χ1) is 10.6. The molecule has 0 spiro atoms. The van der Waals surface area contributed by atoms with Gasteiger partial charge < -0.3 is 30.6 Å². The molecular formula is C14H22O9. The lowest BCUT2D eigenvalue weighted by Gasteiger charge is -2.31. The Morgan fingerprint density at radius 3 is 1.78 bits per heavy atom. The first-order valence-corrected chi connectivity index (χ1v) is 6.43. The van der Waals surface area contributed by atoms with Gasteiger partial charge in [0.05, 0.1) is 19.6 Å². The van der Waals surface area contributed by atoms with E-state index in [2.05, 4.69) is 6.58 Å². The molecule has 0 fully saturated rings. The highest BCUT2D eigenvalue weighted by molar-refractivity contribution is 5.91. The molecule has 132 valence electrons. The van der Waals surface area contributed by atoms with Crippen molar-refractivity contribution in [3.05, 3.63) is 24.3 Å². The fraction of sp³-hybridized carbons (Fsp3) is 0.500. The minimum absolute atomic E-state index is 0.231. The molecule has 1 atom stereocenters. The van der Waals surface area contributed by atoms with Crippen molar-refractivity contribution in [2.45, 2.75) is 13.3 Å². The van der Waals surface area contributed by atoms with Crippen molar-refractivity contribution in [1.29, 1.82) is 0 Å². The molecule has 0 saturated heterocycles. The molecular weight excluding hydrogens is 312 g/mol. The van der Waals surface area contributed by atoms with Gasteiger partial charge >= 0.3 is 17.9 Å². The quantitative estimate of drug-likeness (QED) is 0.299. The van der Waals surface area contributed by atoms with E-state index in [1.807, 2.05) is 0 Å². The number of carboxylic acid groups (broad SMARTS) is 3. The predicted molar refractivity (Wildman–Crippen MR) is 78.7 cm³/mol. The lowest BCUT2D eigenvalue weighted by molar-refractivity contribution is -0.139. The molecule has 0 saturated carbocycles. The molecule has 0 bridgehead atoms. The maximum absolute atomic E-state index is 10.3. The van der Waals surface area contributed by atoms with E-state index >= 15 is 0 Å². The summed E-state index contributed by atoms with van der Waals surface area (Å²) in [5, 5.41) is 51.5. The first kappa shape index (κ1) is 23.0. The van der Waals surface area contributed by atoms with E-state index < -0.39 is 48.9 Å². The van der Waals surface area contributed by atoms with Gasteiger partial charge in [0.15, 0.2) is 0 Å². The molecule has 0 rings (SSSR count). The third kappa shape index (κ3) is 9.40. The molecule has 23 heavy (non-hydrogen) atoms. The molecule has 0 aromatic heterocycles. The zero-order chi connectivity index (χ0) is 18.6. The Morgan fingerprint density at radius 2 is 1.57 bits per heavy atom. The molecule has 9 heteroatoms. The second-order valence-corrected chi connectivity index (χ2v) is 4.78. The van der Waals surface area contributed by atoms with Crippen LogP contribution < -0.4 is 0 Å². The highest BCUT2D eigenvalue weighted by Gasteiger charge is 2.32. The molecule has 0 heterocycles. The van der Waals surface area contributed by atoms with E-state index in [9.17, 15) is 14.4 Å². The van der Waals surface area contributed by atoms with Crippen molar-refractivity contribution in [3.63, 3.8) is 0 Å². The van der Waals surface area contributed by atoms with Crippen LogP contribution in [0.5, 0.6) is 0 Å². The molecule has 0 radical (unpaired) electrons. The summed E-state index contributed by atoms with van der Waals surface area (Å²) in [7, 11) is 0. The Bertz CT molecular complexity index is 449. The second-order valence-electron chi connectivity index (χ2n) is 4.78. The van der Waals surface area contributed by atoms with E-state index in [1.54, 1.807) is 6.92 Å². The number of aliphatic carboxylic acids is 3. The van der Waals surface area contributed by atoms with Crippen molar-refractivity contribution in [3.8, 4) is 0 Å². The topological polar surface area (TPSA) is 173 Å². The van der Waals surface area contributed by atoms with Gasteiger partial charge in [0, 0.05) is 23.7 Å². The minimum Gasteiger partial charge on any atom is -0.481 e. The Hall–Kier alpha value is -2.23. The van der Waals surface area contributed by atoms with Crippen LogP contribution in [0.2, 0.25) is 0 Å². The van der Waals surface area contributed by atoms with Gasteiger partial charge in [0.1, 0.15) is 0 Å². The van der Waals surface area contributed by atoms with Gasteiger partial charge in [-0.2, -0.15) is 0 Å². The summed E-state index contributed by atoms with van der Waals surface area (Å²) in [6.07, 6.45) is 1.57. The lowest BCUT2D eigenvalue weighted by atomic mass is 9.77. The largest absolute Gasteiger partial charge is 0.481 e. The van der Waals surface area contributed by atoms with E-state index in [0.717, 1.165) is 6.08 Å². The van der Waals surface area contributed by atoms with Gasteiger partial charge in [0.2, 0.25) is 0 Å². The van der Waals surface area contributed by atoms with Crippen LogP contribution in [0.3, 0.4) is 0 Å². The monoisotopic (exact) mass is 334 g/mol. The summed E-state index contributed by atoms with van der Waals surface area (Å²) in [5.74, 6) is -4.01. The smallest absolute Gasteiger partial charge is 0.331 e. The number of carboxylic acids is 3. The van der Waals surface area contributed by atoms with E-state index in [-0.39, 0.29) is 12.2 Å². The van der Waals surface area contributed by atoms with Crippen LogP contribution >= 0.6 is 0 Å². The van der Waals surface area contributed by atoms with Crippen molar-refractivity contribution in [2.24, 2.45) is 11.3 Å². The summed E-state index contributed by atoms with van der Waals surface area (Å²) >= 11 is 0. The summed E-state index contributed by atoms with van der Waals surface area (Å²) < 4.78 is 0. The van der Waals surface area contributed by atoms with Crippen LogP contribution in [-0.4, -0.2) is 68.4 Å². The molecule has 0 amide bonds. The maximum atomic E-state index is 10.3. The molecule has 0 aliphatic carbocycles. The van der Waals surface area contributed by atoms with Gasteiger partial charge in [-0.3, -0.25) is 4.79 Å². The fourth-order valence-electron chi connectivity index (χ4n) is 1.31. The summed E-state index contributed by atoms with van der Waals surface area (Å²) in [5.41, 5.74) is -1.38. The number of hydrogen-bond donors (Lipinski definition) is 6. The molecule has 0 aliphatic rings. The van der Waals surface area contributed by atoms with E-state index in [4.69, 9.17) is 30.6 Å². The minimum atomic E-state index is -1.27. The van der Waals surface area contributed by atoms with Crippen LogP contribution in [0.4, 0.5) is 0 Å². The van der Waals surface area contributed by atoms with Crippen molar-refractivity contribution in [2.75, 3.05) is 19.8 Å². The standard InChI is InChI=1S/C9H16O5.C5H6O4/c1-7(4-10)9(5-11,6-12)3-2-8(13)14;1-3(5(8)9)2-4(6)7/h2-3,7,10-12H,4-6H2,1H3,(H,13,14);1-2H2,(H,6,7)(H,8,9). The Balaban J connectivity index is 0. The first-order valence-electron chi connectivity index (χ1n) is 6.43. The van der Waals surface area contributed by atoms with Gasteiger partial charge in [-0.1, -0.05) is 19.6 Å². The zero-order valence-corrected chi connectivity index (χ0v) is 12.7. The van der Waals surface area contributed by atoms with Gasteiger partial charge in [-0.05, 0) is 5.92 Å². The van der Waals surface area contributed by atoms with Gasteiger partial charge in [-0.15, -0.1) is 0 Å². The molecule has 1 unspecified atom stereocenters. The highest BCUT2D eigenvalue weighted by atomic mass is 16.4. The molecule has 9 nitrogen and oxygen atoms in total. The number of hydrogen-bond acceptors (Lipinski definition) is 6.